The van der Waals surface area contributed by atoms with E-state index in [2.05, 4.69) is 28.9 Å². The van der Waals surface area contributed by atoms with E-state index in [4.69, 9.17) is 9.47 Å². The maximum atomic E-state index is 13.5. The summed E-state index contributed by atoms with van der Waals surface area (Å²) in [5, 5.41) is 5.06. The third-order valence-electron chi connectivity index (χ3n) is 6.42. The van der Waals surface area contributed by atoms with Gasteiger partial charge < -0.3 is 19.7 Å². The largest absolute Gasteiger partial charge is 0.497 e. The summed E-state index contributed by atoms with van der Waals surface area (Å²) >= 11 is 1.75. The number of hydrogen-bond acceptors (Lipinski definition) is 5. The van der Waals surface area contributed by atoms with Crippen LogP contribution in [0, 0.1) is 5.92 Å². The predicted octanol–water partition coefficient (Wildman–Crippen LogP) is 4.62. The van der Waals surface area contributed by atoms with Crippen LogP contribution in [0.15, 0.2) is 60.0 Å². The Labute approximate surface area is 210 Å². The highest BCUT2D eigenvalue weighted by Gasteiger charge is 2.35. The van der Waals surface area contributed by atoms with Gasteiger partial charge in [-0.1, -0.05) is 37.3 Å². The quantitative estimate of drug-likeness (QED) is 0.473. The lowest BCUT2D eigenvalue weighted by atomic mass is 9.91. The molecule has 0 saturated carbocycles. The zero-order valence-electron chi connectivity index (χ0n) is 20.5. The molecule has 3 aromatic rings. The molecule has 2 aromatic carbocycles. The van der Waals surface area contributed by atoms with Gasteiger partial charge in [-0.25, -0.2) is 0 Å². The molecule has 1 aromatic heterocycles. The molecule has 2 atom stereocenters. The molecule has 0 radical (unpaired) electrons. The number of carbonyl (C=O) groups is 2. The van der Waals surface area contributed by atoms with Crippen molar-refractivity contribution in [3.8, 4) is 11.5 Å². The van der Waals surface area contributed by atoms with Crippen LogP contribution in [0.4, 0.5) is 0 Å². The molecular weight excluding hydrogens is 460 g/mol. The minimum Gasteiger partial charge on any atom is -0.497 e. The van der Waals surface area contributed by atoms with E-state index in [1.807, 2.05) is 48.2 Å². The minimum absolute atomic E-state index is 0.0170. The zero-order chi connectivity index (χ0) is 24.8. The number of methoxy groups -OCH3 is 2. The Hall–Kier alpha value is -3.32. The van der Waals surface area contributed by atoms with Crippen LogP contribution in [-0.4, -0.2) is 44.0 Å². The van der Waals surface area contributed by atoms with Crippen LogP contribution < -0.4 is 14.8 Å². The topological polar surface area (TPSA) is 67.9 Å². The van der Waals surface area contributed by atoms with Crippen molar-refractivity contribution in [2.45, 2.75) is 32.2 Å². The summed E-state index contributed by atoms with van der Waals surface area (Å²) in [7, 11) is 3.23. The highest BCUT2D eigenvalue weighted by molar-refractivity contribution is 7.10. The molecule has 6 nitrogen and oxygen atoms in total. The van der Waals surface area contributed by atoms with Gasteiger partial charge >= 0.3 is 0 Å². The number of amides is 2. The van der Waals surface area contributed by atoms with Gasteiger partial charge in [0.15, 0.2) is 0 Å². The second-order valence-electron chi connectivity index (χ2n) is 8.82. The number of rotatable bonds is 9. The highest BCUT2D eigenvalue weighted by Crippen LogP contribution is 2.38. The maximum Gasteiger partial charge on any atom is 0.226 e. The molecule has 2 amide bonds. The van der Waals surface area contributed by atoms with E-state index in [0.717, 1.165) is 17.5 Å². The van der Waals surface area contributed by atoms with Gasteiger partial charge in [0.05, 0.1) is 20.3 Å². The van der Waals surface area contributed by atoms with Crippen LogP contribution in [-0.2, 0) is 22.4 Å². The van der Waals surface area contributed by atoms with E-state index in [0.29, 0.717) is 31.0 Å². The average Bonchev–Trinajstić information content (AvgIpc) is 3.36. The molecule has 0 fully saturated rings. The van der Waals surface area contributed by atoms with Gasteiger partial charge in [-0.3, -0.25) is 9.59 Å². The molecule has 0 bridgehead atoms. The summed E-state index contributed by atoms with van der Waals surface area (Å²) < 4.78 is 10.6. The number of nitrogens with zero attached hydrogens (tertiary/aromatic N) is 1. The van der Waals surface area contributed by atoms with Crippen LogP contribution in [0.3, 0.4) is 0 Å². The van der Waals surface area contributed by atoms with E-state index in [9.17, 15) is 9.59 Å². The molecule has 35 heavy (non-hydrogen) atoms. The molecule has 0 spiro atoms. The Kier molecular flexibility index (Phi) is 8.08. The molecule has 1 aliphatic heterocycles. The Bertz CT molecular complexity index is 1140. The Morgan fingerprint density at radius 3 is 2.49 bits per heavy atom. The molecule has 7 heteroatoms. The normalized spacial score (nSPS) is 15.7. The van der Waals surface area contributed by atoms with Crippen molar-refractivity contribution < 1.29 is 19.1 Å². The molecule has 0 saturated heterocycles. The molecule has 4 rings (SSSR count). The first-order valence-corrected chi connectivity index (χ1v) is 12.8. The van der Waals surface area contributed by atoms with Crippen molar-refractivity contribution in [2.24, 2.45) is 5.92 Å². The fourth-order valence-electron chi connectivity index (χ4n) is 4.63. The van der Waals surface area contributed by atoms with Crippen molar-refractivity contribution in [1.82, 2.24) is 10.2 Å². The second kappa shape index (κ2) is 11.4. The number of nitrogens with one attached hydrogen (secondary N) is 1. The third-order valence-corrected chi connectivity index (χ3v) is 7.42. The van der Waals surface area contributed by atoms with E-state index in [-0.39, 0.29) is 24.3 Å². The molecule has 0 aliphatic carbocycles. The minimum atomic E-state index is -0.404. The van der Waals surface area contributed by atoms with Gasteiger partial charge in [-0.2, -0.15) is 0 Å². The molecule has 2 heterocycles. The van der Waals surface area contributed by atoms with Crippen molar-refractivity contribution in [1.29, 1.82) is 0 Å². The van der Waals surface area contributed by atoms with Gasteiger partial charge in [-0.15, -0.1) is 11.3 Å². The summed E-state index contributed by atoms with van der Waals surface area (Å²) in [5.41, 5.74) is 3.31. The van der Waals surface area contributed by atoms with Crippen LogP contribution in [0.25, 0.3) is 0 Å². The lowest BCUT2D eigenvalue weighted by Gasteiger charge is -2.37. The van der Waals surface area contributed by atoms with Crippen molar-refractivity contribution in [3.63, 3.8) is 0 Å². The predicted molar refractivity (Wildman–Crippen MR) is 138 cm³/mol. The zero-order valence-corrected chi connectivity index (χ0v) is 21.3. The first kappa shape index (κ1) is 24.8. The van der Waals surface area contributed by atoms with Crippen LogP contribution in [0.5, 0.6) is 11.5 Å². The number of ether oxygens (including phenoxy) is 2. The van der Waals surface area contributed by atoms with E-state index >= 15 is 0 Å². The number of fused-ring (bicyclic) bond motifs is 1. The first-order chi connectivity index (χ1) is 17.0. The van der Waals surface area contributed by atoms with Gasteiger partial charge in [0.1, 0.15) is 11.5 Å². The number of benzene rings is 2. The van der Waals surface area contributed by atoms with Crippen molar-refractivity contribution in [2.75, 3.05) is 27.3 Å². The lowest BCUT2D eigenvalue weighted by molar-refractivity contribution is -0.139. The van der Waals surface area contributed by atoms with Gasteiger partial charge in [0.2, 0.25) is 11.8 Å². The van der Waals surface area contributed by atoms with Crippen LogP contribution in [0.2, 0.25) is 0 Å². The third kappa shape index (κ3) is 5.85. The monoisotopic (exact) mass is 492 g/mol. The van der Waals surface area contributed by atoms with Crippen molar-refractivity contribution >= 4 is 23.2 Å². The van der Waals surface area contributed by atoms with Gasteiger partial charge in [-0.05, 0) is 53.1 Å². The molecular formula is C28H32N2O4S. The van der Waals surface area contributed by atoms with E-state index in [1.54, 1.807) is 25.6 Å². The standard InChI is InChI=1S/C28H32N2O4S/c1-19(15-26(31)29-12-9-20-16-22(33-2)18-23(17-20)34-3)28(32)30-13-10-25-24(11-14-35-25)27(30)21-7-5-4-6-8-21/h4-8,11,14,16-19,27H,9-10,12-13,15H2,1-3H3,(H,29,31). The fraction of sp³-hybridized carbons (Fsp3) is 0.357. The summed E-state index contributed by atoms with van der Waals surface area (Å²) in [6.07, 6.45) is 1.66. The van der Waals surface area contributed by atoms with E-state index < -0.39 is 5.92 Å². The van der Waals surface area contributed by atoms with Crippen molar-refractivity contribution in [3.05, 3.63) is 81.5 Å². The summed E-state index contributed by atoms with van der Waals surface area (Å²) in [4.78, 5) is 29.4. The number of carbonyl (C=O) groups excluding carboxylic acids is 2. The van der Waals surface area contributed by atoms with E-state index in [1.165, 1.54) is 10.4 Å². The van der Waals surface area contributed by atoms with Gasteiger partial charge in [0, 0.05) is 36.4 Å². The molecule has 184 valence electrons. The SMILES string of the molecule is COc1cc(CCNC(=O)CC(C)C(=O)N2CCc3sccc3C2c2ccccc2)cc(OC)c1. The molecule has 1 aliphatic rings. The lowest BCUT2D eigenvalue weighted by Crippen LogP contribution is -2.43. The second-order valence-corrected chi connectivity index (χ2v) is 9.82. The Balaban J connectivity index is 1.36. The molecule has 1 N–H and O–H groups in total. The smallest absolute Gasteiger partial charge is 0.226 e. The maximum absolute atomic E-state index is 13.5. The van der Waals surface area contributed by atoms with Gasteiger partial charge in [0.25, 0.3) is 0 Å². The van der Waals surface area contributed by atoms with Crippen LogP contribution >= 0.6 is 11.3 Å². The molecule has 2 unspecified atom stereocenters. The number of hydrogen-bond donors (Lipinski definition) is 1. The summed E-state index contributed by atoms with van der Waals surface area (Å²) in [6, 6.07) is 17.8. The summed E-state index contributed by atoms with van der Waals surface area (Å²) in [5.74, 6) is 0.924. The van der Waals surface area contributed by atoms with Crippen LogP contribution in [0.1, 0.15) is 41.0 Å². The first-order valence-electron chi connectivity index (χ1n) is 11.9. The fourth-order valence-corrected chi connectivity index (χ4v) is 5.53. The Morgan fingerprint density at radius 1 is 1.09 bits per heavy atom. The number of thiophene rings is 1. The average molecular weight is 493 g/mol. The Morgan fingerprint density at radius 2 is 1.80 bits per heavy atom. The summed E-state index contributed by atoms with van der Waals surface area (Å²) in [6.45, 7) is 2.99. The highest BCUT2D eigenvalue weighted by atomic mass is 32.1.